The van der Waals surface area contributed by atoms with E-state index >= 15 is 19.2 Å². The van der Waals surface area contributed by atoms with Gasteiger partial charge in [0.15, 0.2) is 0 Å². The Hall–Kier alpha value is -7.25. The van der Waals surface area contributed by atoms with Crippen molar-refractivity contribution in [2.24, 2.45) is 0 Å². The summed E-state index contributed by atoms with van der Waals surface area (Å²) >= 11 is 1.99. The molecule has 4 aliphatic rings. The van der Waals surface area contributed by atoms with Gasteiger partial charge in [-0.05, 0) is 80.6 Å². The molecule has 2 aliphatic heterocycles. The predicted octanol–water partition coefficient (Wildman–Crippen LogP) is 16.7. The van der Waals surface area contributed by atoms with Gasteiger partial charge in [-0.25, -0.2) is 0 Å². The molecule has 4 amide bonds. The zero-order valence-electron chi connectivity index (χ0n) is 40.4. The minimum Gasteiger partial charge on any atom is -0.308 e. The van der Waals surface area contributed by atoms with E-state index in [4.69, 9.17) is 0 Å². The number of carbonyl (C=O) groups is 4. The molecule has 2 fully saturated rings. The van der Waals surface area contributed by atoms with E-state index in [-0.39, 0.29) is 91.9 Å². The first-order valence-corrected chi connectivity index (χ1v) is 27.1. The SMILES string of the molecule is Cc1ccc2c3ccc(C(F)(F)F)cc3n(-c3csc4c5c6c(c7c(-n8c9cc(C(F)(F)F)ccc9c9ccc(C(F)(F)F)cc98)csc7c7c6c(c34)C(=O)N(C3CCCCC3)C7=O)C(=O)N(C3CCCCC3)C5=O)c2c1. The number of hydrogen-bond donors (Lipinski definition) is 0. The third-order valence-corrected chi connectivity index (χ3v) is 18.5. The Balaban J connectivity index is 1.19. The standard InChI is InChI=1S/C58H39F9N4O4S2/c1-26-12-16-32-33-17-13-27(56(59,60)61)21-37(33)70(36(32)20-26)40-24-76-50-42(40)46-44-45-47(53(73)69(54(74)48(45)50)31-10-6-3-7-11-31)43-41(25-77-51(43)49(44)55(75)68(52(46)72)30-8-4-2-5-9-30)71-38-22-28(57(62,63)64)14-18-34(38)35-19-15-29(23-39(35)71)58(65,66)67/h12-25,30-31H,2-11H2,1H3. The average molecular weight is 1090 g/mol. The minimum atomic E-state index is -4.89. The maximum atomic E-state index is 16.0. The van der Waals surface area contributed by atoms with Crippen LogP contribution in [0.3, 0.4) is 0 Å². The van der Waals surface area contributed by atoms with E-state index in [1.807, 2.05) is 19.1 Å². The molecule has 14 rings (SSSR count). The largest absolute Gasteiger partial charge is 0.416 e. The highest BCUT2D eigenvalue weighted by atomic mass is 32.1. The van der Waals surface area contributed by atoms with Crippen LogP contribution in [0.25, 0.3) is 85.9 Å². The highest BCUT2D eigenvalue weighted by molar-refractivity contribution is 7.19. The predicted molar refractivity (Wildman–Crippen MR) is 278 cm³/mol. The molecule has 0 spiro atoms. The Morgan fingerprint density at radius 1 is 0.416 bits per heavy atom. The lowest BCUT2D eigenvalue weighted by atomic mass is 9.80. The number of aromatic nitrogens is 2. The van der Waals surface area contributed by atoms with Gasteiger partial charge in [0.25, 0.3) is 23.6 Å². The van der Waals surface area contributed by atoms with E-state index in [0.29, 0.717) is 67.7 Å². The van der Waals surface area contributed by atoms with Crippen molar-refractivity contribution in [2.75, 3.05) is 0 Å². The summed E-state index contributed by atoms with van der Waals surface area (Å²) in [6.07, 6.45) is -8.45. The van der Waals surface area contributed by atoms with Crippen LogP contribution in [0.2, 0.25) is 0 Å². The van der Waals surface area contributed by atoms with E-state index in [1.54, 1.807) is 16.0 Å². The Morgan fingerprint density at radius 3 is 1.09 bits per heavy atom. The van der Waals surface area contributed by atoms with Crippen molar-refractivity contribution in [3.63, 3.8) is 0 Å². The highest BCUT2D eigenvalue weighted by Crippen LogP contribution is 2.55. The molecular formula is C58H39F9N4O4S2. The number of fused-ring (bicyclic) bond motifs is 12. The highest BCUT2D eigenvalue weighted by Gasteiger charge is 2.49. The fourth-order valence-corrected chi connectivity index (χ4v) is 15.3. The summed E-state index contributed by atoms with van der Waals surface area (Å²) < 4.78 is 135. The zero-order valence-corrected chi connectivity index (χ0v) is 42.1. The average Bonchev–Trinajstić information content (AvgIpc) is 4.23. The van der Waals surface area contributed by atoms with Gasteiger partial charge >= 0.3 is 18.5 Å². The van der Waals surface area contributed by atoms with Gasteiger partial charge in [0.1, 0.15) is 0 Å². The van der Waals surface area contributed by atoms with Crippen molar-refractivity contribution in [3.05, 3.63) is 128 Å². The van der Waals surface area contributed by atoms with Crippen LogP contribution >= 0.6 is 22.7 Å². The van der Waals surface area contributed by atoms with E-state index in [9.17, 15) is 39.5 Å². The number of benzene rings is 6. The normalized spacial score (nSPS) is 17.4. The molecule has 0 bridgehead atoms. The second-order valence-corrected chi connectivity index (χ2v) is 22.6. The van der Waals surface area contributed by atoms with Crippen LogP contribution in [-0.2, 0) is 18.5 Å². The van der Waals surface area contributed by atoms with Crippen LogP contribution in [0.1, 0.15) is 128 Å². The van der Waals surface area contributed by atoms with E-state index < -0.39 is 70.9 Å². The Morgan fingerprint density at radius 2 is 0.740 bits per heavy atom. The molecule has 6 heterocycles. The fraction of sp³-hybridized carbons (Fsp3) is 0.276. The molecule has 0 radical (unpaired) electrons. The Bertz CT molecular complexity index is 4260. The molecule has 390 valence electrons. The second kappa shape index (κ2) is 16.4. The Labute approximate surface area is 437 Å². The molecule has 8 nitrogen and oxygen atoms in total. The van der Waals surface area contributed by atoms with Gasteiger partial charge in [-0.15, -0.1) is 22.7 Å². The zero-order chi connectivity index (χ0) is 53.5. The first-order valence-electron chi connectivity index (χ1n) is 25.3. The summed E-state index contributed by atoms with van der Waals surface area (Å²) in [5.74, 6) is -3.00. The molecule has 2 aliphatic carbocycles. The van der Waals surface area contributed by atoms with Gasteiger partial charge in [-0.1, -0.05) is 68.9 Å². The molecule has 0 unspecified atom stereocenters. The van der Waals surface area contributed by atoms with Gasteiger partial charge in [-0.2, -0.15) is 39.5 Å². The number of halogens is 9. The second-order valence-electron chi connectivity index (χ2n) is 20.8. The first kappa shape index (κ1) is 48.1. The number of aryl methyl sites for hydroxylation is 1. The molecule has 77 heavy (non-hydrogen) atoms. The van der Waals surface area contributed by atoms with E-state index in [1.165, 1.54) is 37.9 Å². The van der Waals surface area contributed by atoms with Crippen LogP contribution in [0.15, 0.2) is 83.6 Å². The molecule has 19 heteroatoms. The monoisotopic (exact) mass is 1090 g/mol. The minimum absolute atomic E-state index is 0.0107. The number of nitrogens with zero attached hydrogens (tertiary/aromatic N) is 4. The third-order valence-electron chi connectivity index (χ3n) is 16.5. The third kappa shape index (κ3) is 6.77. The van der Waals surface area contributed by atoms with Crippen LogP contribution in [0, 0.1) is 6.92 Å². The smallest absolute Gasteiger partial charge is 0.308 e. The van der Waals surface area contributed by atoms with E-state index in [2.05, 4.69) is 0 Å². The van der Waals surface area contributed by atoms with Gasteiger partial charge < -0.3 is 9.13 Å². The van der Waals surface area contributed by atoms with Gasteiger partial charge in [-0.3, -0.25) is 29.0 Å². The van der Waals surface area contributed by atoms with Crippen LogP contribution < -0.4 is 0 Å². The van der Waals surface area contributed by atoms with Gasteiger partial charge in [0.05, 0.1) is 81.8 Å². The van der Waals surface area contributed by atoms with Crippen molar-refractivity contribution in [3.8, 4) is 11.4 Å². The summed E-state index contributed by atoms with van der Waals surface area (Å²) in [6, 6.07) is 13.4. The van der Waals surface area contributed by atoms with Gasteiger partial charge in [0.2, 0.25) is 0 Å². The topological polar surface area (TPSA) is 84.6 Å². The van der Waals surface area contributed by atoms with E-state index in [0.717, 1.165) is 77.5 Å². The maximum absolute atomic E-state index is 16.0. The lowest BCUT2D eigenvalue weighted by Crippen LogP contribution is -2.50. The number of amides is 4. The van der Waals surface area contributed by atoms with Crippen molar-refractivity contribution < 1.29 is 58.7 Å². The molecule has 0 atom stereocenters. The molecule has 4 aromatic heterocycles. The quantitative estimate of drug-likeness (QED) is 0.130. The summed E-state index contributed by atoms with van der Waals surface area (Å²) in [7, 11) is 0. The lowest BCUT2D eigenvalue weighted by Gasteiger charge is -2.39. The lowest BCUT2D eigenvalue weighted by molar-refractivity contribution is -0.138. The number of imide groups is 2. The van der Waals surface area contributed by atoms with Crippen LogP contribution in [0.5, 0.6) is 0 Å². The summed E-state index contributed by atoms with van der Waals surface area (Å²) in [4.78, 5) is 66.0. The van der Waals surface area contributed by atoms with Crippen LogP contribution in [0.4, 0.5) is 39.5 Å². The number of hydrogen-bond acceptors (Lipinski definition) is 6. The molecule has 0 N–H and O–H groups in total. The summed E-state index contributed by atoms with van der Waals surface area (Å²) in [5.41, 5.74) is -2.03. The van der Waals surface area contributed by atoms with Gasteiger partial charge in [0, 0.05) is 65.9 Å². The molecule has 2 saturated carbocycles. The molecular weight excluding hydrogens is 1050 g/mol. The van der Waals surface area contributed by atoms with Crippen molar-refractivity contribution in [2.45, 2.75) is 102 Å². The molecule has 0 saturated heterocycles. The maximum Gasteiger partial charge on any atom is 0.416 e. The number of alkyl halides is 9. The Kier molecular flexibility index (Phi) is 10.2. The summed E-state index contributed by atoms with van der Waals surface area (Å²) in [6.45, 7) is 1.83. The molecule has 6 aromatic carbocycles. The number of carbonyl (C=O) groups excluding carboxylic acids is 4. The number of thiophene rings is 2. The summed E-state index contributed by atoms with van der Waals surface area (Å²) in [5, 5.41) is 4.70. The van der Waals surface area contributed by atoms with Crippen molar-refractivity contribution in [1.82, 2.24) is 18.9 Å². The number of rotatable bonds is 4. The molecule has 10 aromatic rings. The first-order chi connectivity index (χ1) is 36.7. The van der Waals surface area contributed by atoms with Crippen molar-refractivity contribution in [1.29, 1.82) is 0 Å². The van der Waals surface area contributed by atoms with Crippen LogP contribution in [-0.4, -0.2) is 54.6 Å². The van der Waals surface area contributed by atoms with Crippen molar-refractivity contribution >= 4 is 121 Å². The fourth-order valence-electron chi connectivity index (χ4n) is 13.1.